The Morgan fingerprint density at radius 1 is 1.25 bits per heavy atom. The molecule has 1 N–H and O–H groups in total. The van der Waals surface area contributed by atoms with Crippen LogP contribution in [0.4, 0.5) is 33.3 Å². The number of halogens is 5. The first kappa shape index (κ1) is 15.8. The average molecular weight is 298 g/mol. The van der Waals surface area contributed by atoms with E-state index in [0.717, 1.165) is 18.2 Å². The van der Waals surface area contributed by atoms with E-state index in [-0.39, 0.29) is 16.9 Å². The molecular weight excluding hydrogens is 291 g/mol. The summed E-state index contributed by atoms with van der Waals surface area (Å²) in [6.45, 7) is 1.22. The van der Waals surface area contributed by atoms with E-state index in [1.165, 1.54) is 12.2 Å². The Morgan fingerprint density at radius 3 is 2.20 bits per heavy atom. The van der Waals surface area contributed by atoms with Crippen molar-refractivity contribution in [1.82, 2.24) is 0 Å². The summed E-state index contributed by atoms with van der Waals surface area (Å²) < 4.78 is 61.3. The van der Waals surface area contributed by atoms with Crippen LogP contribution in [-0.2, 0) is 4.79 Å². The number of alkyl halides is 5. The second kappa shape index (κ2) is 5.02. The molecule has 0 saturated heterocycles. The maximum atomic E-state index is 12.7. The zero-order valence-electron chi connectivity index (χ0n) is 9.79. The molecule has 0 fully saturated rings. The highest BCUT2D eigenvalue weighted by Gasteiger charge is 2.63. The fourth-order valence-corrected chi connectivity index (χ4v) is 1.23. The van der Waals surface area contributed by atoms with Crippen molar-refractivity contribution in [3.05, 3.63) is 33.9 Å². The lowest BCUT2D eigenvalue weighted by atomic mass is 10.1. The summed E-state index contributed by atoms with van der Waals surface area (Å²) in [5.41, 5.74) is -0.780. The Balaban J connectivity index is 3.00. The Kier molecular flexibility index (Phi) is 3.97. The van der Waals surface area contributed by atoms with E-state index >= 15 is 0 Å². The van der Waals surface area contributed by atoms with Crippen LogP contribution in [-0.4, -0.2) is 22.9 Å². The lowest BCUT2D eigenvalue weighted by Gasteiger charge is -2.19. The van der Waals surface area contributed by atoms with Crippen LogP contribution in [0, 0.1) is 17.0 Å². The van der Waals surface area contributed by atoms with Crippen LogP contribution >= 0.6 is 0 Å². The van der Waals surface area contributed by atoms with Crippen molar-refractivity contribution >= 4 is 17.3 Å². The molecule has 0 radical (unpaired) electrons. The lowest BCUT2D eigenvalue weighted by molar-refractivity contribution is -0.384. The van der Waals surface area contributed by atoms with Crippen molar-refractivity contribution in [3.63, 3.8) is 0 Å². The molecule has 0 atom stereocenters. The number of aryl methyl sites for hydroxylation is 1. The molecule has 5 nitrogen and oxygen atoms in total. The van der Waals surface area contributed by atoms with E-state index in [4.69, 9.17) is 0 Å². The summed E-state index contributed by atoms with van der Waals surface area (Å²) in [5.74, 6) is -8.11. The van der Waals surface area contributed by atoms with Crippen LogP contribution in [0.3, 0.4) is 0 Å². The largest absolute Gasteiger partial charge is 0.463 e. The quantitative estimate of drug-likeness (QED) is 0.529. The fraction of sp³-hybridized carbons (Fsp3) is 0.300. The minimum Gasteiger partial charge on any atom is -0.320 e. The number of nitro groups is 1. The molecule has 1 aromatic rings. The number of nitrogens with zero attached hydrogens (tertiary/aromatic N) is 1. The second-order valence-corrected chi connectivity index (χ2v) is 3.78. The van der Waals surface area contributed by atoms with Gasteiger partial charge in [-0.1, -0.05) is 0 Å². The molecule has 0 heterocycles. The monoisotopic (exact) mass is 298 g/mol. The van der Waals surface area contributed by atoms with Crippen LogP contribution in [0.5, 0.6) is 0 Å². The highest BCUT2D eigenvalue weighted by atomic mass is 19.4. The summed E-state index contributed by atoms with van der Waals surface area (Å²) in [5, 5.41) is 11.8. The van der Waals surface area contributed by atoms with E-state index in [1.807, 2.05) is 0 Å². The molecule has 10 heteroatoms. The smallest absolute Gasteiger partial charge is 0.320 e. The molecular formula is C10H7F5N2O3. The third-order valence-corrected chi connectivity index (χ3v) is 2.31. The standard InChI is InChI=1S/C10H7F5N2O3/c1-5-4-6(17(19)20)2-3-7(5)16-8(18)9(11,12)10(13,14)15/h2-4H,1H3,(H,16,18). The maximum absolute atomic E-state index is 12.7. The van der Waals surface area contributed by atoms with Gasteiger partial charge in [-0.25, -0.2) is 0 Å². The summed E-state index contributed by atoms with van der Waals surface area (Å²) in [4.78, 5) is 20.6. The number of carbonyl (C=O) groups excluding carboxylic acids is 1. The molecule has 0 spiro atoms. The van der Waals surface area contributed by atoms with Gasteiger partial charge >= 0.3 is 18.0 Å². The molecule has 0 aliphatic heterocycles. The Morgan fingerprint density at radius 2 is 1.80 bits per heavy atom. The van der Waals surface area contributed by atoms with Crippen molar-refractivity contribution in [2.45, 2.75) is 19.0 Å². The zero-order chi connectivity index (χ0) is 15.7. The minimum atomic E-state index is -6.02. The molecule has 0 aromatic heterocycles. The van der Waals surface area contributed by atoms with E-state index in [0.29, 0.717) is 0 Å². The van der Waals surface area contributed by atoms with Crippen molar-refractivity contribution < 1.29 is 31.7 Å². The van der Waals surface area contributed by atoms with Gasteiger partial charge in [-0.15, -0.1) is 0 Å². The van der Waals surface area contributed by atoms with Crippen LogP contribution in [0.25, 0.3) is 0 Å². The third kappa shape index (κ3) is 3.00. The van der Waals surface area contributed by atoms with Crippen molar-refractivity contribution in [2.75, 3.05) is 5.32 Å². The van der Waals surface area contributed by atoms with Gasteiger partial charge in [-0.3, -0.25) is 14.9 Å². The van der Waals surface area contributed by atoms with Crippen molar-refractivity contribution in [1.29, 1.82) is 0 Å². The van der Waals surface area contributed by atoms with Gasteiger partial charge in [0.1, 0.15) is 0 Å². The van der Waals surface area contributed by atoms with E-state index < -0.39 is 22.9 Å². The number of nitrogens with one attached hydrogen (secondary N) is 1. The number of hydrogen-bond acceptors (Lipinski definition) is 3. The SMILES string of the molecule is Cc1cc([N+](=O)[O-])ccc1NC(=O)C(F)(F)C(F)(F)F. The predicted octanol–water partition coefficient (Wildman–Crippen LogP) is 3.04. The van der Waals surface area contributed by atoms with Gasteiger partial charge in [-0.2, -0.15) is 22.0 Å². The molecule has 0 aliphatic rings. The number of benzene rings is 1. The number of carbonyl (C=O) groups is 1. The number of non-ortho nitro benzene ring substituents is 1. The Bertz CT molecular complexity index is 556. The summed E-state index contributed by atoms with van der Waals surface area (Å²) in [6, 6.07) is 2.67. The first-order valence-corrected chi connectivity index (χ1v) is 4.98. The molecule has 0 bridgehead atoms. The molecule has 0 unspecified atom stereocenters. The van der Waals surface area contributed by atoms with Crippen LogP contribution in [0.1, 0.15) is 5.56 Å². The lowest BCUT2D eigenvalue weighted by Crippen LogP contribution is -2.47. The minimum absolute atomic E-state index is 0.0227. The molecule has 1 amide bonds. The number of nitro benzene ring substituents is 1. The predicted molar refractivity (Wildman–Crippen MR) is 57.5 cm³/mol. The Labute approximate surface area is 108 Å². The zero-order valence-corrected chi connectivity index (χ0v) is 9.79. The van der Waals surface area contributed by atoms with Gasteiger partial charge in [0.25, 0.3) is 5.69 Å². The average Bonchev–Trinajstić information content (AvgIpc) is 2.29. The van der Waals surface area contributed by atoms with Gasteiger partial charge in [-0.05, 0) is 18.6 Å². The fourth-order valence-electron chi connectivity index (χ4n) is 1.23. The highest BCUT2D eigenvalue weighted by molar-refractivity contribution is 5.97. The van der Waals surface area contributed by atoms with E-state index in [9.17, 15) is 36.9 Å². The first-order chi connectivity index (χ1) is 8.96. The molecule has 20 heavy (non-hydrogen) atoms. The molecule has 0 saturated carbocycles. The van der Waals surface area contributed by atoms with Crippen LogP contribution in [0.2, 0.25) is 0 Å². The normalized spacial score (nSPS) is 12.1. The van der Waals surface area contributed by atoms with Crippen molar-refractivity contribution in [3.8, 4) is 0 Å². The Hall–Kier alpha value is -2.26. The first-order valence-electron chi connectivity index (χ1n) is 4.98. The third-order valence-electron chi connectivity index (χ3n) is 2.31. The van der Waals surface area contributed by atoms with E-state index in [1.54, 1.807) is 0 Å². The molecule has 0 aliphatic carbocycles. The van der Waals surface area contributed by atoms with Gasteiger partial charge in [0.05, 0.1) is 4.92 Å². The summed E-state index contributed by atoms with van der Waals surface area (Å²) in [6.07, 6.45) is -6.02. The number of hydrogen-bond donors (Lipinski definition) is 1. The molecule has 1 rings (SSSR count). The van der Waals surface area contributed by atoms with Gasteiger partial charge in [0.2, 0.25) is 0 Å². The van der Waals surface area contributed by atoms with Crippen LogP contribution < -0.4 is 5.32 Å². The maximum Gasteiger partial charge on any atom is 0.463 e. The van der Waals surface area contributed by atoms with Gasteiger partial charge < -0.3 is 5.32 Å². The van der Waals surface area contributed by atoms with Gasteiger partial charge in [0, 0.05) is 17.8 Å². The van der Waals surface area contributed by atoms with Crippen molar-refractivity contribution in [2.24, 2.45) is 0 Å². The topological polar surface area (TPSA) is 72.2 Å². The molecule has 110 valence electrons. The van der Waals surface area contributed by atoms with Gasteiger partial charge in [0.15, 0.2) is 0 Å². The van der Waals surface area contributed by atoms with Crippen LogP contribution in [0.15, 0.2) is 18.2 Å². The second-order valence-electron chi connectivity index (χ2n) is 3.78. The number of amides is 1. The number of rotatable bonds is 3. The number of anilines is 1. The highest BCUT2D eigenvalue weighted by Crippen LogP contribution is 2.36. The van der Waals surface area contributed by atoms with E-state index in [2.05, 4.69) is 0 Å². The summed E-state index contributed by atoms with van der Waals surface area (Å²) in [7, 11) is 0. The summed E-state index contributed by atoms with van der Waals surface area (Å²) >= 11 is 0. The molecule has 1 aromatic carbocycles.